The minimum absolute atomic E-state index is 0.235. The standard InChI is InChI=1S/C30H38F2N6O/c1-36-11-13-37(14-12-36)9-4-10-38(29-34-27-17-25(31)26(32)18-28(27)35-29)24-7-8-30(19-23(30)16-24)22-6-3-5-21(15-22)20-33-39-2/h3,5-6,15,17-18,20,23-24H,4,7-14,16,19H2,1-2H3,(H,34,35)/t23?,24-,30-/m1/s1. The van der Waals surface area contributed by atoms with Crippen molar-refractivity contribution in [3.8, 4) is 0 Å². The molecule has 2 aromatic carbocycles. The molecule has 1 unspecified atom stereocenters. The maximum Gasteiger partial charge on any atom is 0.204 e. The average Bonchev–Trinajstić information content (AvgIpc) is 3.56. The van der Waals surface area contributed by atoms with Crippen molar-refractivity contribution in [3.05, 3.63) is 59.2 Å². The number of hydrogen-bond donors (Lipinski definition) is 1. The van der Waals surface area contributed by atoms with Crippen LogP contribution in [0.2, 0.25) is 0 Å². The summed E-state index contributed by atoms with van der Waals surface area (Å²) in [6.45, 7) is 6.32. The predicted octanol–water partition coefficient (Wildman–Crippen LogP) is 4.78. The van der Waals surface area contributed by atoms with Gasteiger partial charge >= 0.3 is 0 Å². The summed E-state index contributed by atoms with van der Waals surface area (Å²) >= 11 is 0. The van der Waals surface area contributed by atoms with Gasteiger partial charge < -0.3 is 24.5 Å². The topological polar surface area (TPSA) is 60.0 Å². The zero-order valence-corrected chi connectivity index (χ0v) is 22.9. The Kier molecular flexibility index (Phi) is 7.29. The summed E-state index contributed by atoms with van der Waals surface area (Å²) in [6.07, 6.45) is 7.24. The smallest absolute Gasteiger partial charge is 0.204 e. The van der Waals surface area contributed by atoms with Crippen LogP contribution in [0.15, 0.2) is 41.6 Å². The molecule has 2 aliphatic carbocycles. The van der Waals surface area contributed by atoms with Crippen molar-refractivity contribution in [3.63, 3.8) is 0 Å². The number of halogens is 2. The summed E-state index contributed by atoms with van der Waals surface area (Å²) in [6, 6.07) is 11.4. The van der Waals surface area contributed by atoms with Gasteiger partial charge in [-0.25, -0.2) is 13.8 Å². The number of nitrogens with zero attached hydrogens (tertiary/aromatic N) is 5. The number of hydrogen-bond acceptors (Lipinski definition) is 6. The number of imidazole rings is 1. The van der Waals surface area contributed by atoms with E-state index in [2.05, 4.69) is 56.2 Å². The molecule has 3 aromatic rings. The van der Waals surface area contributed by atoms with Crippen molar-refractivity contribution < 1.29 is 13.6 Å². The summed E-state index contributed by atoms with van der Waals surface area (Å²) < 4.78 is 27.9. The van der Waals surface area contributed by atoms with E-state index in [1.165, 1.54) is 24.1 Å². The summed E-state index contributed by atoms with van der Waals surface area (Å²) in [4.78, 5) is 20.2. The lowest BCUT2D eigenvalue weighted by atomic mass is 9.80. The lowest BCUT2D eigenvalue weighted by molar-refractivity contribution is 0.153. The van der Waals surface area contributed by atoms with Crippen molar-refractivity contribution in [2.24, 2.45) is 11.1 Å². The normalized spacial score (nSPS) is 25.7. The molecule has 3 fully saturated rings. The fraction of sp³-hybridized carbons (Fsp3) is 0.533. The largest absolute Gasteiger partial charge is 0.399 e. The second-order valence-electron chi connectivity index (χ2n) is 11.6. The molecule has 0 spiro atoms. The van der Waals surface area contributed by atoms with Crippen molar-refractivity contribution in [2.45, 2.75) is 43.6 Å². The van der Waals surface area contributed by atoms with Crippen molar-refractivity contribution in [1.82, 2.24) is 19.8 Å². The van der Waals surface area contributed by atoms with Gasteiger partial charge in [-0.3, -0.25) is 0 Å². The Balaban J connectivity index is 1.19. The molecule has 9 heteroatoms. The number of oxime groups is 1. The first-order valence-electron chi connectivity index (χ1n) is 14.1. The van der Waals surface area contributed by atoms with Crippen LogP contribution in [0.5, 0.6) is 0 Å². The van der Waals surface area contributed by atoms with Crippen LogP contribution >= 0.6 is 0 Å². The number of piperazine rings is 1. The van der Waals surface area contributed by atoms with Crippen LogP contribution in [0.4, 0.5) is 14.7 Å². The van der Waals surface area contributed by atoms with Crippen LogP contribution in [0, 0.1) is 17.6 Å². The van der Waals surface area contributed by atoms with E-state index in [-0.39, 0.29) is 5.41 Å². The van der Waals surface area contributed by atoms with E-state index in [1.54, 1.807) is 13.3 Å². The number of rotatable bonds is 9. The fourth-order valence-electron chi connectivity index (χ4n) is 6.81. The fourth-order valence-corrected chi connectivity index (χ4v) is 6.81. The van der Waals surface area contributed by atoms with Gasteiger partial charge in [0.2, 0.25) is 5.95 Å². The van der Waals surface area contributed by atoms with E-state index < -0.39 is 11.6 Å². The molecule has 2 heterocycles. The molecule has 1 saturated heterocycles. The van der Waals surface area contributed by atoms with Crippen molar-refractivity contribution in [1.29, 1.82) is 0 Å². The van der Waals surface area contributed by atoms with Gasteiger partial charge in [-0.15, -0.1) is 0 Å². The first-order valence-corrected chi connectivity index (χ1v) is 14.1. The summed E-state index contributed by atoms with van der Waals surface area (Å²) in [7, 11) is 3.74. The molecule has 0 radical (unpaired) electrons. The summed E-state index contributed by atoms with van der Waals surface area (Å²) in [5.41, 5.74) is 3.70. The highest BCUT2D eigenvalue weighted by atomic mass is 19.2. The number of aromatic amines is 1. The number of H-pyrrole nitrogens is 1. The number of nitrogens with one attached hydrogen (secondary N) is 1. The Hall–Kier alpha value is -3.04. The molecule has 208 valence electrons. The van der Waals surface area contributed by atoms with Crippen LogP contribution in [-0.4, -0.2) is 85.5 Å². The van der Waals surface area contributed by atoms with E-state index in [1.807, 2.05) is 0 Å². The second kappa shape index (κ2) is 10.8. The van der Waals surface area contributed by atoms with Crippen LogP contribution in [0.1, 0.15) is 43.2 Å². The Labute approximate surface area is 228 Å². The first kappa shape index (κ1) is 26.2. The minimum Gasteiger partial charge on any atom is -0.399 e. The van der Waals surface area contributed by atoms with E-state index >= 15 is 0 Å². The highest BCUT2D eigenvalue weighted by molar-refractivity contribution is 5.79. The van der Waals surface area contributed by atoms with Gasteiger partial charge in [-0.1, -0.05) is 23.4 Å². The highest BCUT2D eigenvalue weighted by Crippen LogP contribution is 2.63. The molecule has 6 rings (SSSR count). The molecule has 2 saturated carbocycles. The highest BCUT2D eigenvalue weighted by Gasteiger charge is 2.58. The SMILES string of the molecule is CON=Cc1cccc([C@]23CC[C@@H](N(CCCN4CCN(C)CC4)c4nc5cc(F)c(F)cc5[nH]4)CC2C3)c1. The molecule has 1 N–H and O–H groups in total. The van der Waals surface area contributed by atoms with E-state index in [4.69, 9.17) is 9.82 Å². The molecule has 1 aromatic heterocycles. The Bertz CT molecular complexity index is 1300. The molecule has 3 aliphatic rings. The zero-order chi connectivity index (χ0) is 27.0. The number of benzene rings is 2. The van der Waals surface area contributed by atoms with E-state index in [9.17, 15) is 8.78 Å². The average molecular weight is 537 g/mol. The molecular formula is C30H38F2N6O. The van der Waals surface area contributed by atoms with Gasteiger partial charge in [0.05, 0.1) is 17.2 Å². The predicted molar refractivity (Wildman–Crippen MR) is 150 cm³/mol. The lowest BCUT2D eigenvalue weighted by Crippen LogP contribution is -2.46. The third kappa shape index (κ3) is 5.39. The van der Waals surface area contributed by atoms with Gasteiger partial charge in [0.15, 0.2) is 11.6 Å². The van der Waals surface area contributed by atoms with Crippen molar-refractivity contribution in [2.75, 3.05) is 58.3 Å². The molecule has 1 aliphatic heterocycles. The van der Waals surface area contributed by atoms with Gasteiger partial charge in [0.1, 0.15) is 7.11 Å². The third-order valence-corrected chi connectivity index (χ3v) is 9.17. The number of fused-ring (bicyclic) bond motifs is 2. The van der Waals surface area contributed by atoms with Gasteiger partial charge in [-0.2, -0.15) is 0 Å². The van der Waals surface area contributed by atoms with Gasteiger partial charge in [0.25, 0.3) is 0 Å². The first-order chi connectivity index (χ1) is 18.9. The number of anilines is 1. The molecule has 39 heavy (non-hydrogen) atoms. The quantitative estimate of drug-likeness (QED) is 0.315. The summed E-state index contributed by atoms with van der Waals surface area (Å²) in [5, 5.41) is 3.93. The molecule has 3 atom stereocenters. The maximum atomic E-state index is 13.9. The Morgan fingerprint density at radius 3 is 2.79 bits per heavy atom. The second-order valence-corrected chi connectivity index (χ2v) is 11.6. The molecule has 7 nitrogen and oxygen atoms in total. The minimum atomic E-state index is -0.861. The van der Waals surface area contributed by atoms with Gasteiger partial charge in [0, 0.05) is 50.9 Å². The lowest BCUT2D eigenvalue weighted by Gasteiger charge is -2.38. The van der Waals surface area contributed by atoms with Crippen LogP contribution in [0.3, 0.4) is 0 Å². The molecule has 0 bridgehead atoms. The molecule has 0 amide bonds. The van der Waals surface area contributed by atoms with E-state index in [0.29, 0.717) is 23.0 Å². The Morgan fingerprint density at radius 1 is 1.18 bits per heavy atom. The summed E-state index contributed by atoms with van der Waals surface area (Å²) in [5.74, 6) is -0.368. The number of likely N-dealkylation sites (N-methyl/N-ethyl adjacent to an activating group) is 1. The zero-order valence-electron chi connectivity index (χ0n) is 22.9. The Morgan fingerprint density at radius 2 is 2.00 bits per heavy atom. The third-order valence-electron chi connectivity index (χ3n) is 9.17. The number of aromatic nitrogens is 2. The van der Waals surface area contributed by atoms with E-state index in [0.717, 1.165) is 76.5 Å². The van der Waals surface area contributed by atoms with Crippen LogP contribution < -0.4 is 4.90 Å². The monoisotopic (exact) mass is 536 g/mol. The van der Waals surface area contributed by atoms with Crippen molar-refractivity contribution >= 4 is 23.2 Å². The molecular weight excluding hydrogens is 498 g/mol. The van der Waals surface area contributed by atoms with Crippen LogP contribution in [0.25, 0.3) is 11.0 Å². The maximum absolute atomic E-state index is 13.9. The van der Waals surface area contributed by atoms with Crippen LogP contribution in [-0.2, 0) is 10.3 Å². The van der Waals surface area contributed by atoms with Gasteiger partial charge in [-0.05, 0) is 74.2 Å².